The van der Waals surface area contributed by atoms with Crippen LogP contribution in [0.1, 0.15) is 145 Å². The Hall–Kier alpha value is -9.79. The highest BCUT2D eigenvalue weighted by molar-refractivity contribution is 6.00. The number of rotatable bonds is 24. The van der Waals surface area contributed by atoms with Crippen molar-refractivity contribution in [3.63, 3.8) is 0 Å². The number of hydrogen-bond donors (Lipinski definition) is 17. The Kier molecular flexibility index (Phi) is 35.2. The fourth-order valence-electron chi connectivity index (χ4n) is 11.0. The van der Waals surface area contributed by atoms with Crippen molar-refractivity contribution in [2.45, 2.75) is 214 Å². The van der Waals surface area contributed by atoms with Gasteiger partial charge in [0.15, 0.2) is 0 Å². The first-order valence-electron chi connectivity index (χ1n) is 35.2. The molecule has 1 aliphatic rings. The third-order valence-corrected chi connectivity index (χ3v) is 16.9. The van der Waals surface area contributed by atoms with Gasteiger partial charge in [0.2, 0.25) is 65.0 Å². The lowest BCUT2D eigenvalue weighted by Gasteiger charge is -2.35. The van der Waals surface area contributed by atoms with Crippen LogP contribution >= 0.6 is 0 Å². The molecule has 0 spiro atoms. The minimum absolute atomic E-state index is 0.00911. The van der Waals surface area contributed by atoms with Crippen LogP contribution in [0, 0.1) is 28.6 Å². The molecule has 1 heterocycles. The molecule has 0 radical (unpaired) electrons. The van der Waals surface area contributed by atoms with E-state index in [0.717, 1.165) is 6.92 Å². The zero-order chi connectivity index (χ0) is 78.5. The lowest BCUT2D eigenvalue weighted by atomic mass is 9.86. The summed E-state index contributed by atoms with van der Waals surface area (Å²) in [6, 6.07) is 5.37. The maximum Gasteiger partial charge on any atom is 0.408 e. The van der Waals surface area contributed by atoms with E-state index in [1.165, 1.54) is 38.1 Å². The van der Waals surface area contributed by atoms with Crippen LogP contribution in [-0.2, 0) is 75.4 Å². The average molecular weight is 1470 g/mol. The Balaban J connectivity index is 1.95. The molecule has 17 N–H and O–H groups in total. The van der Waals surface area contributed by atoms with E-state index >= 15 is 14.4 Å². The first-order valence-corrected chi connectivity index (χ1v) is 35.2. The molecule has 0 aromatic heterocycles. The van der Waals surface area contributed by atoms with E-state index in [9.17, 15) is 68.4 Å². The van der Waals surface area contributed by atoms with Crippen LogP contribution < -0.4 is 69.1 Å². The molecule has 0 saturated carbocycles. The minimum Gasteiger partial charge on any atom is -0.445 e. The first-order chi connectivity index (χ1) is 49.3. The number of alkyl carbamates (subject to hydrolysis) is 2. The van der Waals surface area contributed by atoms with Gasteiger partial charge in [-0.3, -0.25) is 52.7 Å². The van der Waals surface area contributed by atoms with E-state index in [-0.39, 0.29) is 51.0 Å². The molecule has 0 aliphatic carbocycles. The molecule has 32 heteroatoms. The van der Waals surface area contributed by atoms with Gasteiger partial charge in [-0.1, -0.05) is 181 Å². The summed E-state index contributed by atoms with van der Waals surface area (Å²) in [6.45, 7) is 17.5. The van der Waals surface area contributed by atoms with Crippen molar-refractivity contribution in [2.75, 3.05) is 26.3 Å². The Bertz CT molecular complexity index is 3390. The smallest absolute Gasteiger partial charge is 0.408 e. The van der Waals surface area contributed by atoms with Crippen LogP contribution in [-0.4, -0.2) is 197 Å². The number of carbonyl (C=O) groups is 13. The maximum atomic E-state index is 15.7. The van der Waals surface area contributed by atoms with Crippen LogP contribution in [0.25, 0.3) is 0 Å². The SMILES string of the molecule is CC[C@H](C)[C@@H]1NC(=O)[C@@H](CCNC(=O)OCc2ccccc2)NC(=O)[C@H](CC(C)C)NC(=O)[C@H]([C@H](O)C(C)C)NC(=O)[C@@H](NC(=O)[C@H](CC(C)(C)C)NC(=O)[C@@H](CC(C)(C)C)NC(=O)OCc2ccccc2)[C@@H](c2ccccc2)NC(=O)C(CO)NC(=O)[C@H](CO)NC(=O)CNC(=O)[C@H]([C@H](C)O)NC1=O. The van der Waals surface area contributed by atoms with Gasteiger partial charge in [0.05, 0.1) is 38.0 Å². The summed E-state index contributed by atoms with van der Waals surface area (Å²) in [5.74, 6) is -14.4. The fraction of sp³-hybridized carbons (Fsp3) is 0.575. The summed E-state index contributed by atoms with van der Waals surface area (Å²) in [5, 5.41) is 76.7. The normalized spacial score (nSPS) is 22.6. The quantitative estimate of drug-likeness (QED) is 0.0573. The number of amides is 13. The molecule has 14 atom stereocenters. The van der Waals surface area contributed by atoms with Gasteiger partial charge in [0, 0.05) is 6.54 Å². The van der Waals surface area contributed by atoms with Crippen molar-refractivity contribution in [1.82, 2.24) is 69.1 Å². The second-order valence-corrected chi connectivity index (χ2v) is 29.3. The molecule has 0 bridgehead atoms. The van der Waals surface area contributed by atoms with Crippen molar-refractivity contribution < 1.29 is 92.2 Å². The van der Waals surface area contributed by atoms with Crippen LogP contribution in [0.2, 0.25) is 0 Å². The van der Waals surface area contributed by atoms with Crippen molar-refractivity contribution >= 4 is 77.2 Å². The Morgan fingerprint density at radius 3 is 1.49 bits per heavy atom. The van der Waals surface area contributed by atoms with Crippen molar-refractivity contribution in [3.8, 4) is 0 Å². The minimum atomic E-state index is -2.14. The molecule has 13 amide bonds. The number of nitrogens with one attached hydrogen (secondary N) is 13. The summed E-state index contributed by atoms with van der Waals surface area (Å²) in [4.78, 5) is 187. The number of aliphatic hydroxyl groups is 4. The molecule has 105 heavy (non-hydrogen) atoms. The molecule has 1 saturated heterocycles. The van der Waals surface area contributed by atoms with Gasteiger partial charge < -0.3 is 99.0 Å². The van der Waals surface area contributed by atoms with Crippen LogP contribution in [0.5, 0.6) is 0 Å². The highest BCUT2D eigenvalue weighted by Crippen LogP contribution is 2.26. The zero-order valence-electron chi connectivity index (χ0n) is 62.1. The largest absolute Gasteiger partial charge is 0.445 e. The molecular weight excluding hydrogens is 1360 g/mol. The molecular formula is C73H109N13O19. The highest BCUT2D eigenvalue weighted by Gasteiger charge is 2.43. The monoisotopic (exact) mass is 1470 g/mol. The number of aliphatic hydroxyl groups excluding tert-OH is 4. The maximum absolute atomic E-state index is 15.7. The van der Waals surface area contributed by atoms with Gasteiger partial charge in [0.1, 0.15) is 73.6 Å². The van der Waals surface area contributed by atoms with Gasteiger partial charge >= 0.3 is 12.2 Å². The van der Waals surface area contributed by atoms with Crippen LogP contribution in [0.4, 0.5) is 9.59 Å². The highest BCUT2D eigenvalue weighted by atomic mass is 16.6. The number of hydrogen-bond acceptors (Lipinski definition) is 19. The van der Waals surface area contributed by atoms with E-state index in [2.05, 4.69) is 69.1 Å². The van der Waals surface area contributed by atoms with Crippen molar-refractivity contribution in [3.05, 3.63) is 108 Å². The van der Waals surface area contributed by atoms with E-state index in [0.29, 0.717) is 11.1 Å². The van der Waals surface area contributed by atoms with Gasteiger partial charge in [-0.2, -0.15) is 0 Å². The molecule has 1 aliphatic heterocycles. The number of carbonyl (C=O) groups excluding carboxylic acids is 13. The summed E-state index contributed by atoms with van der Waals surface area (Å²) in [5.41, 5.74) is -0.0951. The number of benzene rings is 3. The van der Waals surface area contributed by atoms with E-state index in [1.807, 2.05) is 20.8 Å². The zero-order valence-corrected chi connectivity index (χ0v) is 62.1. The topological polar surface area (TPSA) is 478 Å². The van der Waals surface area contributed by atoms with E-state index in [4.69, 9.17) is 9.47 Å². The summed E-state index contributed by atoms with van der Waals surface area (Å²) in [7, 11) is 0. The number of ether oxygens (including phenoxy) is 2. The second kappa shape index (κ2) is 42.2. The van der Waals surface area contributed by atoms with E-state index < -0.39 is 211 Å². The van der Waals surface area contributed by atoms with Crippen LogP contribution in [0.3, 0.4) is 0 Å². The van der Waals surface area contributed by atoms with Gasteiger partial charge in [-0.25, -0.2) is 9.59 Å². The van der Waals surface area contributed by atoms with Gasteiger partial charge in [0.25, 0.3) is 0 Å². The molecule has 32 nitrogen and oxygen atoms in total. The Morgan fingerprint density at radius 1 is 0.514 bits per heavy atom. The predicted molar refractivity (Wildman–Crippen MR) is 384 cm³/mol. The van der Waals surface area contributed by atoms with E-state index in [1.54, 1.807) is 115 Å². The third kappa shape index (κ3) is 30.1. The standard InChI is InChI=1S/C73H109N13O19/c1-14-42(6)54-67(99)83-55(43(7)89)66(98)75-35-53(90)76-51(36-87)64(96)80-52(37-88)65(97)84-56(46-28-22-17-23-29-46)57(85-63(95)49(33-72(8,9)10)79-62(94)50(34-73(11,12)13)81-71(103)105-39-45-26-20-16-21-27-45)68(100)86-58(59(91)41(4)5)69(101)78-48(32-40(2)3)61(93)77-47(60(92)82-54)30-31-74-70(102)104-38-44-24-18-15-19-25-44/h15-29,40-43,47-52,54-59,87-89,91H,14,30-39H2,1-13H3,(H,74,102)(H,75,98)(H,76,90)(H,77,93)(H,78,101)(H,79,94)(H,80,96)(H,81,103)(H,82,92)(H,83,99)(H,84,97)(H,85,95)(H,86,100)/t42-,43-,47+,48-,49-,50+,51-,52?,54-,55-,56+,57-,58-,59+/m0/s1. The molecule has 1 unspecified atom stereocenters. The lowest BCUT2D eigenvalue weighted by molar-refractivity contribution is -0.139. The van der Waals surface area contributed by atoms with Gasteiger partial charge in [-0.15, -0.1) is 0 Å². The summed E-state index contributed by atoms with van der Waals surface area (Å²) in [6.07, 6.45) is -5.89. The predicted octanol–water partition coefficient (Wildman–Crippen LogP) is 0.295. The molecule has 4 rings (SSSR count). The van der Waals surface area contributed by atoms with Gasteiger partial charge in [-0.05, 0) is 77.9 Å². The van der Waals surface area contributed by atoms with Crippen molar-refractivity contribution in [1.29, 1.82) is 0 Å². The Labute approximate surface area is 612 Å². The molecule has 1 fully saturated rings. The Morgan fingerprint density at radius 2 is 0.971 bits per heavy atom. The molecule has 3 aromatic carbocycles. The fourth-order valence-corrected chi connectivity index (χ4v) is 11.0. The second-order valence-electron chi connectivity index (χ2n) is 29.3. The lowest BCUT2D eigenvalue weighted by Crippen LogP contribution is -2.65. The summed E-state index contributed by atoms with van der Waals surface area (Å²) >= 11 is 0. The van der Waals surface area contributed by atoms with Crippen molar-refractivity contribution in [2.24, 2.45) is 28.6 Å². The van der Waals surface area contributed by atoms with Crippen LogP contribution in [0.15, 0.2) is 91.0 Å². The summed E-state index contributed by atoms with van der Waals surface area (Å²) < 4.78 is 10.8. The molecule has 580 valence electrons. The first kappa shape index (κ1) is 87.6. The average Bonchev–Trinajstić information content (AvgIpc) is 0.810. The third-order valence-electron chi connectivity index (χ3n) is 16.9. The molecule has 3 aromatic rings.